The predicted octanol–water partition coefficient (Wildman–Crippen LogP) is 3.18. The van der Waals surface area contributed by atoms with Gasteiger partial charge in [-0.05, 0) is 18.6 Å². The molecule has 3 nitrogen and oxygen atoms in total. The van der Waals surface area contributed by atoms with Gasteiger partial charge in [-0.1, -0.05) is 19.1 Å². The number of halogens is 1. The molecule has 1 atom stereocenters. The molecule has 0 saturated carbocycles. The molecule has 0 N–H and O–H groups in total. The van der Waals surface area contributed by atoms with E-state index >= 15 is 0 Å². The molecule has 0 bridgehead atoms. The van der Waals surface area contributed by atoms with E-state index in [0.717, 1.165) is 0 Å². The van der Waals surface area contributed by atoms with Gasteiger partial charge >= 0.3 is 0 Å². The maximum absolute atomic E-state index is 13.4. The van der Waals surface area contributed by atoms with Crippen molar-refractivity contribution in [1.82, 2.24) is 0 Å². The summed E-state index contributed by atoms with van der Waals surface area (Å²) in [5, 5.41) is 0.583. The maximum atomic E-state index is 13.4. The van der Waals surface area contributed by atoms with Gasteiger partial charge in [0.05, 0.1) is 0 Å². The fraction of sp³-hybridized carbons (Fsp3) is 0.308. The lowest BCUT2D eigenvalue weighted by Gasteiger charge is -2.08. The summed E-state index contributed by atoms with van der Waals surface area (Å²) >= 11 is 0. The second-order valence-corrected chi connectivity index (χ2v) is 3.77. The minimum Gasteiger partial charge on any atom is -0.450 e. The number of ether oxygens (including phenoxy) is 1. The summed E-state index contributed by atoms with van der Waals surface area (Å²) < 4.78 is 23.7. The molecule has 4 heteroatoms. The first-order chi connectivity index (χ1) is 8.17. The number of para-hydroxylation sites is 1. The highest BCUT2D eigenvalue weighted by Gasteiger charge is 2.22. The van der Waals surface area contributed by atoms with Crippen LogP contribution in [0.5, 0.6) is 0 Å². The highest BCUT2D eigenvalue weighted by atomic mass is 19.1. The van der Waals surface area contributed by atoms with Gasteiger partial charge in [0.2, 0.25) is 5.78 Å². The minimum absolute atomic E-state index is 0.113. The molecule has 0 amide bonds. The Kier molecular flexibility index (Phi) is 3.24. The summed E-state index contributed by atoms with van der Waals surface area (Å²) in [4.78, 5) is 11.9. The van der Waals surface area contributed by atoms with Crippen LogP contribution in [0.25, 0.3) is 11.0 Å². The molecule has 0 radical (unpaired) electrons. The third-order valence-corrected chi connectivity index (χ3v) is 2.69. The van der Waals surface area contributed by atoms with Crippen molar-refractivity contribution in [2.24, 2.45) is 0 Å². The van der Waals surface area contributed by atoms with Crippen molar-refractivity contribution < 1.29 is 18.3 Å². The van der Waals surface area contributed by atoms with Gasteiger partial charge in [-0.15, -0.1) is 0 Å². The number of benzene rings is 1. The van der Waals surface area contributed by atoms with Crippen molar-refractivity contribution in [3.8, 4) is 0 Å². The van der Waals surface area contributed by atoms with Crippen LogP contribution in [-0.2, 0) is 4.74 Å². The van der Waals surface area contributed by atoms with E-state index in [0.29, 0.717) is 11.8 Å². The molecule has 90 valence electrons. The molecule has 17 heavy (non-hydrogen) atoms. The first-order valence-corrected chi connectivity index (χ1v) is 5.42. The van der Waals surface area contributed by atoms with Gasteiger partial charge < -0.3 is 9.15 Å². The topological polar surface area (TPSA) is 39.4 Å². The number of furan rings is 1. The van der Waals surface area contributed by atoms with Crippen molar-refractivity contribution in [3.63, 3.8) is 0 Å². The van der Waals surface area contributed by atoms with E-state index in [4.69, 9.17) is 9.15 Å². The van der Waals surface area contributed by atoms with Crippen molar-refractivity contribution >= 4 is 16.8 Å². The Balaban J connectivity index is 2.43. The number of carbonyl (C=O) groups excluding carboxylic acids is 1. The quantitative estimate of drug-likeness (QED) is 0.765. The minimum atomic E-state index is -0.543. The van der Waals surface area contributed by atoms with E-state index in [1.165, 1.54) is 13.2 Å². The predicted molar refractivity (Wildman–Crippen MR) is 61.6 cm³/mol. The molecule has 0 fully saturated rings. The molecule has 0 aliphatic rings. The summed E-state index contributed by atoms with van der Waals surface area (Å²) in [5.41, 5.74) is 0.113. The van der Waals surface area contributed by atoms with Gasteiger partial charge in [-0.3, -0.25) is 4.79 Å². The monoisotopic (exact) mass is 236 g/mol. The summed E-state index contributed by atoms with van der Waals surface area (Å²) in [5.74, 6) is -0.587. The average Bonchev–Trinajstić information content (AvgIpc) is 2.76. The van der Waals surface area contributed by atoms with Crippen LogP contribution in [-0.4, -0.2) is 19.0 Å². The van der Waals surface area contributed by atoms with E-state index in [2.05, 4.69) is 0 Å². The molecule has 2 rings (SSSR count). The van der Waals surface area contributed by atoms with Gasteiger partial charge in [0, 0.05) is 12.5 Å². The molecule has 0 aliphatic carbocycles. The molecule has 1 heterocycles. The van der Waals surface area contributed by atoms with Crippen molar-refractivity contribution in [3.05, 3.63) is 35.8 Å². The maximum Gasteiger partial charge on any atom is 0.226 e. The zero-order valence-corrected chi connectivity index (χ0v) is 9.70. The van der Waals surface area contributed by atoms with Gasteiger partial charge in [0.1, 0.15) is 6.10 Å². The van der Waals surface area contributed by atoms with Crippen LogP contribution in [0.4, 0.5) is 4.39 Å². The van der Waals surface area contributed by atoms with Crippen molar-refractivity contribution in [1.29, 1.82) is 0 Å². The zero-order chi connectivity index (χ0) is 12.4. The Morgan fingerprint density at radius 3 is 2.88 bits per heavy atom. The highest BCUT2D eigenvalue weighted by Crippen LogP contribution is 2.23. The smallest absolute Gasteiger partial charge is 0.226 e. The third-order valence-electron chi connectivity index (χ3n) is 2.69. The van der Waals surface area contributed by atoms with Crippen LogP contribution in [0.1, 0.15) is 23.9 Å². The Labute approximate surface area is 98.2 Å². The van der Waals surface area contributed by atoms with E-state index in [1.807, 2.05) is 6.92 Å². The number of ketones is 1. The average molecular weight is 236 g/mol. The van der Waals surface area contributed by atoms with Gasteiger partial charge in [-0.2, -0.15) is 0 Å². The number of Topliss-reactive ketones (excluding diaryl/α,β-unsaturated/α-hetero) is 1. The first kappa shape index (κ1) is 11.8. The fourth-order valence-corrected chi connectivity index (χ4v) is 1.77. The molecule has 1 unspecified atom stereocenters. The molecule has 1 aromatic heterocycles. The van der Waals surface area contributed by atoms with Crippen LogP contribution in [0, 0.1) is 5.82 Å². The van der Waals surface area contributed by atoms with E-state index in [9.17, 15) is 9.18 Å². The summed E-state index contributed by atoms with van der Waals surface area (Å²) in [6.45, 7) is 1.84. The second kappa shape index (κ2) is 4.67. The second-order valence-electron chi connectivity index (χ2n) is 3.77. The number of fused-ring (bicyclic) bond motifs is 1. The molecular weight excluding hydrogens is 223 g/mol. The fourth-order valence-electron chi connectivity index (χ4n) is 1.77. The lowest BCUT2D eigenvalue weighted by atomic mass is 10.1. The normalized spacial score (nSPS) is 12.9. The molecule has 0 aliphatic heterocycles. The zero-order valence-electron chi connectivity index (χ0n) is 9.70. The van der Waals surface area contributed by atoms with Gasteiger partial charge in [0.15, 0.2) is 17.2 Å². The van der Waals surface area contributed by atoms with Gasteiger partial charge in [0.25, 0.3) is 0 Å². The van der Waals surface area contributed by atoms with Crippen molar-refractivity contribution in [2.45, 2.75) is 19.4 Å². The van der Waals surface area contributed by atoms with E-state index in [-0.39, 0.29) is 17.1 Å². The SMILES string of the molecule is CCC(OC)C(=O)c1cc2cccc(F)c2o1. The van der Waals surface area contributed by atoms with Crippen LogP contribution in [0.15, 0.2) is 28.7 Å². The van der Waals surface area contributed by atoms with Crippen LogP contribution >= 0.6 is 0 Å². The van der Waals surface area contributed by atoms with Gasteiger partial charge in [-0.25, -0.2) is 4.39 Å². The van der Waals surface area contributed by atoms with E-state index in [1.54, 1.807) is 18.2 Å². The molecule has 0 spiro atoms. The van der Waals surface area contributed by atoms with Crippen LogP contribution < -0.4 is 0 Å². The standard InChI is InChI=1S/C13H13FO3/c1-3-10(16-2)12(15)11-7-8-5-4-6-9(14)13(8)17-11/h4-7,10H,3H2,1-2H3. The Morgan fingerprint density at radius 2 is 2.29 bits per heavy atom. The molecule has 0 saturated heterocycles. The molecule has 1 aromatic carbocycles. The number of methoxy groups -OCH3 is 1. The summed E-state index contributed by atoms with van der Waals surface area (Å²) in [7, 11) is 1.47. The number of hydrogen-bond acceptors (Lipinski definition) is 3. The van der Waals surface area contributed by atoms with Crippen molar-refractivity contribution in [2.75, 3.05) is 7.11 Å². The largest absolute Gasteiger partial charge is 0.450 e. The lowest BCUT2D eigenvalue weighted by molar-refractivity contribution is 0.0570. The Hall–Kier alpha value is -1.68. The number of rotatable bonds is 4. The molecular formula is C13H13FO3. The summed E-state index contributed by atoms with van der Waals surface area (Å²) in [6, 6.07) is 6.12. The Bertz CT molecular complexity index is 541. The third kappa shape index (κ3) is 2.08. The lowest BCUT2D eigenvalue weighted by Crippen LogP contribution is -2.21. The van der Waals surface area contributed by atoms with Crippen LogP contribution in [0.2, 0.25) is 0 Å². The Morgan fingerprint density at radius 1 is 1.53 bits per heavy atom. The number of carbonyl (C=O) groups is 1. The van der Waals surface area contributed by atoms with E-state index < -0.39 is 11.9 Å². The van der Waals surface area contributed by atoms with Crippen LogP contribution in [0.3, 0.4) is 0 Å². The number of hydrogen-bond donors (Lipinski definition) is 0. The summed E-state index contributed by atoms with van der Waals surface area (Å²) in [6.07, 6.45) is 0.00752. The molecule has 2 aromatic rings. The highest BCUT2D eigenvalue weighted by molar-refractivity contribution is 6.00. The first-order valence-electron chi connectivity index (χ1n) is 5.42.